The maximum absolute atomic E-state index is 11.8. The smallest absolute Gasteiger partial charge is 0.166 e. The lowest BCUT2D eigenvalue weighted by Gasteiger charge is -2.75. The van der Waals surface area contributed by atoms with Gasteiger partial charge in [0.2, 0.25) is 0 Å². The number of likely N-dealkylation sites (tertiary alicyclic amines) is 1. The number of benzene rings is 1. The van der Waals surface area contributed by atoms with Gasteiger partial charge in [0.05, 0.1) is 11.0 Å². The van der Waals surface area contributed by atoms with Crippen LogP contribution in [0.4, 0.5) is 0 Å². The maximum atomic E-state index is 11.8. The molecule has 7 rings (SSSR count). The zero-order valence-corrected chi connectivity index (χ0v) is 19.4. The molecule has 1 saturated heterocycles. The minimum absolute atomic E-state index is 0.0971. The first kappa shape index (κ1) is 20.1. The second kappa shape index (κ2) is 5.67. The quantitative estimate of drug-likeness (QED) is 0.723. The Morgan fingerprint density at radius 3 is 2.81 bits per heavy atom. The summed E-state index contributed by atoms with van der Waals surface area (Å²) in [6.07, 6.45) is 9.04. The molecule has 1 aromatic carbocycles. The van der Waals surface area contributed by atoms with E-state index >= 15 is 0 Å². The summed E-state index contributed by atoms with van der Waals surface area (Å²) in [5, 5.41) is 22.7. The summed E-state index contributed by atoms with van der Waals surface area (Å²) >= 11 is 0. The number of nitrogens with zero attached hydrogens (tertiary/aromatic N) is 1. The predicted molar refractivity (Wildman–Crippen MR) is 119 cm³/mol. The Morgan fingerprint density at radius 1 is 1.32 bits per heavy atom. The lowest BCUT2D eigenvalue weighted by molar-refractivity contribution is -0.286. The molecule has 4 bridgehead atoms. The molecule has 2 fully saturated rings. The third kappa shape index (κ3) is 1.82. The van der Waals surface area contributed by atoms with Crippen molar-refractivity contribution in [2.45, 2.75) is 81.1 Å². The highest BCUT2D eigenvalue weighted by molar-refractivity contribution is 5.67. The highest BCUT2D eigenvalue weighted by atomic mass is 16.6. The van der Waals surface area contributed by atoms with Gasteiger partial charge in [0.1, 0.15) is 11.2 Å². The van der Waals surface area contributed by atoms with Crippen molar-refractivity contribution in [3.8, 4) is 11.5 Å². The van der Waals surface area contributed by atoms with Crippen LogP contribution in [0.25, 0.3) is 0 Å². The molecule has 5 nitrogen and oxygen atoms in total. The van der Waals surface area contributed by atoms with E-state index in [0.717, 1.165) is 38.6 Å². The molecule has 5 heteroatoms. The summed E-state index contributed by atoms with van der Waals surface area (Å²) < 4.78 is 13.4. The van der Waals surface area contributed by atoms with Gasteiger partial charge in [-0.1, -0.05) is 31.6 Å². The van der Waals surface area contributed by atoms with Gasteiger partial charge in [0, 0.05) is 30.0 Å². The molecule has 6 aliphatic rings. The number of aliphatic hydroxyl groups is 1. The SMILES string of the molecule is CCCC(C)(O)C1CC23C=CC1(OC)C1(C)Oc4c(O)ccc5c4[C@]21CCN(C)C3C5. The van der Waals surface area contributed by atoms with Crippen LogP contribution < -0.4 is 4.74 Å². The average Bonchev–Trinajstić information content (AvgIpc) is 3.03. The van der Waals surface area contributed by atoms with E-state index < -0.39 is 16.8 Å². The van der Waals surface area contributed by atoms with E-state index in [1.54, 1.807) is 13.2 Å². The van der Waals surface area contributed by atoms with Gasteiger partial charge in [0.25, 0.3) is 0 Å². The first-order valence-corrected chi connectivity index (χ1v) is 11.9. The minimum atomic E-state index is -0.875. The molecule has 1 aromatic rings. The van der Waals surface area contributed by atoms with E-state index in [4.69, 9.17) is 9.47 Å². The van der Waals surface area contributed by atoms with E-state index in [1.807, 2.05) is 6.92 Å². The Hall–Kier alpha value is -1.56. The third-order valence-electron chi connectivity index (χ3n) is 10.2. The van der Waals surface area contributed by atoms with Gasteiger partial charge in [-0.2, -0.15) is 0 Å². The first-order chi connectivity index (χ1) is 14.6. The second-order valence-electron chi connectivity index (χ2n) is 11.2. The van der Waals surface area contributed by atoms with Crippen LogP contribution in [-0.2, 0) is 16.6 Å². The molecule has 2 heterocycles. The third-order valence-corrected chi connectivity index (χ3v) is 10.2. The molecule has 1 saturated carbocycles. The Balaban J connectivity index is 1.71. The Kier molecular flexibility index (Phi) is 3.67. The van der Waals surface area contributed by atoms with Crippen molar-refractivity contribution in [3.05, 3.63) is 35.4 Å². The average molecular weight is 426 g/mol. The highest BCUT2D eigenvalue weighted by Crippen LogP contribution is 2.79. The number of ether oxygens (including phenoxy) is 2. The number of phenols is 1. The van der Waals surface area contributed by atoms with Gasteiger partial charge in [-0.15, -0.1) is 0 Å². The van der Waals surface area contributed by atoms with E-state index in [9.17, 15) is 10.2 Å². The van der Waals surface area contributed by atoms with Crippen LogP contribution in [-0.4, -0.2) is 58.7 Å². The highest BCUT2D eigenvalue weighted by Gasteiger charge is 2.85. The molecule has 2 N–H and O–H groups in total. The van der Waals surface area contributed by atoms with E-state index in [2.05, 4.69) is 44.0 Å². The van der Waals surface area contributed by atoms with Crippen LogP contribution in [0.15, 0.2) is 24.3 Å². The number of likely N-dealkylation sites (N-methyl/N-ethyl adjacent to an activating group) is 1. The van der Waals surface area contributed by atoms with Gasteiger partial charge in [-0.25, -0.2) is 0 Å². The number of phenolic OH excluding ortho intramolecular Hbond substituents is 1. The maximum Gasteiger partial charge on any atom is 0.166 e. The van der Waals surface area contributed by atoms with Gasteiger partial charge >= 0.3 is 0 Å². The van der Waals surface area contributed by atoms with Gasteiger partial charge in [0.15, 0.2) is 11.5 Å². The van der Waals surface area contributed by atoms with Crippen LogP contribution in [0, 0.1) is 11.3 Å². The molecular formula is C26H35NO4. The fraction of sp³-hybridized carbons (Fsp3) is 0.692. The van der Waals surface area contributed by atoms with Crippen LogP contribution in [0.1, 0.15) is 57.6 Å². The lowest BCUT2D eigenvalue weighted by atomic mass is 9.32. The van der Waals surface area contributed by atoms with Gasteiger partial charge in [-0.05, 0) is 64.8 Å². The van der Waals surface area contributed by atoms with Crippen LogP contribution in [0.2, 0.25) is 0 Å². The molecule has 0 radical (unpaired) electrons. The molecule has 7 atom stereocenters. The van der Waals surface area contributed by atoms with Crippen molar-refractivity contribution in [3.63, 3.8) is 0 Å². The molecule has 0 amide bonds. The topological polar surface area (TPSA) is 62.2 Å². The number of hydrogen-bond donors (Lipinski definition) is 2. The molecule has 168 valence electrons. The van der Waals surface area contributed by atoms with E-state index in [-0.39, 0.29) is 22.5 Å². The molecule has 31 heavy (non-hydrogen) atoms. The summed E-state index contributed by atoms with van der Waals surface area (Å²) in [7, 11) is 4.01. The van der Waals surface area contributed by atoms with Crippen molar-refractivity contribution in [1.29, 1.82) is 0 Å². The Labute approximate surface area is 185 Å². The molecule has 6 unspecified atom stereocenters. The lowest BCUT2D eigenvalue weighted by Crippen LogP contribution is -2.85. The minimum Gasteiger partial charge on any atom is -0.504 e. The fourth-order valence-corrected chi connectivity index (χ4v) is 9.06. The van der Waals surface area contributed by atoms with Crippen molar-refractivity contribution in [2.24, 2.45) is 11.3 Å². The van der Waals surface area contributed by atoms with Crippen molar-refractivity contribution < 1.29 is 19.7 Å². The van der Waals surface area contributed by atoms with Crippen LogP contribution in [0.3, 0.4) is 0 Å². The van der Waals surface area contributed by atoms with Crippen LogP contribution in [0.5, 0.6) is 11.5 Å². The summed E-state index contributed by atoms with van der Waals surface area (Å²) in [5.41, 5.74) is -0.290. The summed E-state index contributed by atoms with van der Waals surface area (Å²) in [6.45, 7) is 7.29. The molecule has 4 aliphatic carbocycles. The molecule has 2 spiro atoms. The number of rotatable bonds is 4. The zero-order valence-electron chi connectivity index (χ0n) is 19.4. The van der Waals surface area contributed by atoms with Gasteiger partial charge in [-0.3, -0.25) is 0 Å². The zero-order chi connectivity index (χ0) is 22.0. The number of fused-ring (bicyclic) bond motifs is 1. The van der Waals surface area contributed by atoms with Crippen molar-refractivity contribution in [2.75, 3.05) is 20.7 Å². The molecule has 0 aromatic heterocycles. The van der Waals surface area contributed by atoms with Gasteiger partial charge < -0.3 is 24.6 Å². The predicted octanol–water partition coefficient (Wildman–Crippen LogP) is 3.55. The number of hydrogen-bond acceptors (Lipinski definition) is 5. The van der Waals surface area contributed by atoms with E-state index in [0.29, 0.717) is 11.8 Å². The number of aromatic hydroxyl groups is 1. The van der Waals surface area contributed by atoms with Crippen LogP contribution >= 0.6 is 0 Å². The fourth-order valence-electron chi connectivity index (χ4n) is 9.06. The standard InChI is InChI=1S/C26H35NO4/c1-6-9-22(2,29)18-15-24-10-11-26(18,30-5)23(3)25(24)12-13-27(4)19(24)14-16-7-8-17(28)21(31-23)20(16)25/h7-8,10-11,18-19,28-29H,6,9,12-15H2,1-5H3/t18?,19?,22?,23?,24?,25-,26?/m0/s1. The number of methoxy groups -OCH3 is 1. The second-order valence-corrected chi connectivity index (χ2v) is 11.2. The first-order valence-electron chi connectivity index (χ1n) is 11.9. The summed E-state index contributed by atoms with van der Waals surface area (Å²) in [5.74, 6) is 0.771. The summed E-state index contributed by atoms with van der Waals surface area (Å²) in [4.78, 5) is 2.51. The largest absolute Gasteiger partial charge is 0.504 e. The normalized spacial score (nSPS) is 45.9. The monoisotopic (exact) mass is 425 g/mol. The van der Waals surface area contributed by atoms with Crippen molar-refractivity contribution >= 4 is 0 Å². The Bertz CT molecular complexity index is 1000. The van der Waals surface area contributed by atoms with Crippen molar-refractivity contribution in [1.82, 2.24) is 4.90 Å². The summed E-state index contributed by atoms with van der Waals surface area (Å²) in [6, 6.07) is 4.22. The molecular weight excluding hydrogens is 390 g/mol. The van der Waals surface area contributed by atoms with E-state index in [1.165, 1.54) is 11.1 Å². The number of piperidine rings is 1. The Morgan fingerprint density at radius 2 is 2.10 bits per heavy atom. The molecule has 2 aliphatic heterocycles.